The maximum Gasteiger partial charge on any atom is 0.255 e. The standard InChI is InChI=1S/C25H18F5NO2/c1-2-3-10-33-18-13-20(26)19(21(27)14-18)9-6-15-4-7-16(8-5-15)25(32)31-17-11-22(28)24(30)23(29)12-17/h4-5,7-8,11-14H,2-3,10H2,1H3,(H,31,32). The molecule has 3 aromatic rings. The number of unbranched alkanes of at least 4 members (excludes halogenated alkanes) is 1. The molecule has 0 atom stereocenters. The van der Waals surface area contributed by atoms with Crippen molar-refractivity contribution in [1.82, 2.24) is 0 Å². The fourth-order valence-electron chi connectivity index (χ4n) is 2.76. The van der Waals surface area contributed by atoms with Gasteiger partial charge in [0.15, 0.2) is 17.5 Å². The number of carbonyl (C=O) groups excluding carboxylic acids is 1. The van der Waals surface area contributed by atoms with Gasteiger partial charge >= 0.3 is 0 Å². The summed E-state index contributed by atoms with van der Waals surface area (Å²) in [5.41, 5.74) is -0.183. The summed E-state index contributed by atoms with van der Waals surface area (Å²) in [6.45, 7) is 2.32. The van der Waals surface area contributed by atoms with Crippen molar-refractivity contribution in [2.24, 2.45) is 0 Å². The molecule has 8 heteroatoms. The van der Waals surface area contributed by atoms with Gasteiger partial charge in [-0.15, -0.1) is 0 Å². The van der Waals surface area contributed by atoms with E-state index in [0.29, 0.717) is 24.3 Å². The molecular weight excluding hydrogens is 441 g/mol. The summed E-state index contributed by atoms with van der Waals surface area (Å²) in [5.74, 6) is -1.80. The number of anilines is 1. The SMILES string of the molecule is CCCCOc1cc(F)c(C#Cc2ccc(C(=O)Nc3cc(F)c(F)c(F)c3)cc2)c(F)c1. The van der Waals surface area contributed by atoms with E-state index in [1.54, 1.807) is 0 Å². The Balaban J connectivity index is 1.71. The van der Waals surface area contributed by atoms with Crippen LogP contribution in [-0.2, 0) is 0 Å². The molecule has 1 amide bonds. The molecule has 0 aromatic heterocycles. The number of ether oxygens (including phenoxy) is 1. The van der Waals surface area contributed by atoms with Crippen LogP contribution < -0.4 is 10.1 Å². The van der Waals surface area contributed by atoms with Crippen molar-refractivity contribution in [3.8, 4) is 17.6 Å². The second-order valence-electron chi connectivity index (χ2n) is 7.00. The van der Waals surface area contributed by atoms with E-state index >= 15 is 0 Å². The third-order valence-electron chi connectivity index (χ3n) is 4.50. The largest absolute Gasteiger partial charge is 0.493 e. The van der Waals surface area contributed by atoms with Crippen LogP contribution in [0.3, 0.4) is 0 Å². The van der Waals surface area contributed by atoms with Crippen molar-refractivity contribution in [1.29, 1.82) is 0 Å². The molecule has 0 bridgehead atoms. The summed E-state index contributed by atoms with van der Waals surface area (Å²) in [6.07, 6.45) is 1.65. The zero-order valence-corrected chi connectivity index (χ0v) is 17.4. The quantitative estimate of drug-likeness (QED) is 0.206. The monoisotopic (exact) mass is 459 g/mol. The number of carbonyl (C=O) groups is 1. The minimum atomic E-state index is -1.64. The summed E-state index contributed by atoms with van der Waals surface area (Å²) in [5, 5.41) is 2.25. The molecule has 0 saturated heterocycles. The first-order valence-corrected chi connectivity index (χ1v) is 9.98. The van der Waals surface area contributed by atoms with Crippen molar-refractivity contribution >= 4 is 11.6 Å². The summed E-state index contributed by atoms with van der Waals surface area (Å²) >= 11 is 0. The topological polar surface area (TPSA) is 38.3 Å². The van der Waals surface area contributed by atoms with Crippen LogP contribution in [0.2, 0.25) is 0 Å². The minimum Gasteiger partial charge on any atom is -0.493 e. The maximum atomic E-state index is 14.2. The fourth-order valence-corrected chi connectivity index (χ4v) is 2.76. The molecule has 0 saturated carbocycles. The Morgan fingerprint density at radius 2 is 1.48 bits per heavy atom. The van der Waals surface area contributed by atoms with E-state index < -0.39 is 40.6 Å². The van der Waals surface area contributed by atoms with Gasteiger partial charge in [-0.05, 0) is 30.7 Å². The Hall–Kier alpha value is -3.86. The maximum absolute atomic E-state index is 14.2. The van der Waals surface area contributed by atoms with Crippen LogP contribution >= 0.6 is 0 Å². The molecule has 0 radical (unpaired) electrons. The number of amides is 1. The molecule has 0 spiro atoms. The smallest absolute Gasteiger partial charge is 0.255 e. The summed E-state index contributed by atoms with van der Waals surface area (Å²) < 4.78 is 73.3. The molecule has 33 heavy (non-hydrogen) atoms. The van der Waals surface area contributed by atoms with E-state index in [0.717, 1.165) is 25.0 Å². The summed E-state index contributed by atoms with van der Waals surface area (Å²) in [4.78, 5) is 12.2. The van der Waals surface area contributed by atoms with E-state index in [1.807, 2.05) is 6.92 Å². The van der Waals surface area contributed by atoms with E-state index in [1.165, 1.54) is 24.3 Å². The minimum absolute atomic E-state index is 0.0836. The molecule has 3 nitrogen and oxygen atoms in total. The Morgan fingerprint density at radius 1 is 0.879 bits per heavy atom. The van der Waals surface area contributed by atoms with Crippen LogP contribution in [0.4, 0.5) is 27.6 Å². The Morgan fingerprint density at radius 3 is 2.06 bits per heavy atom. The number of halogens is 5. The third-order valence-corrected chi connectivity index (χ3v) is 4.50. The molecule has 3 rings (SSSR count). The van der Waals surface area contributed by atoms with Gasteiger partial charge in [0.25, 0.3) is 5.91 Å². The number of benzene rings is 3. The summed E-state index contributed by atoms with van der Waals surface area (Å²) in [6, 6.07) is 9.05. The van der Waals surface area contributed by atoms with E-state index in [-0.39, 0.29) is 17.0 Å². The molecular formula is C25H18F5NO2. The zero-order chi connectivity index (χ0) is 24.0. The van der Waals surface area contributed by atoms with Gasteiger partial charge in [-0.2, -0.15) is 0 Å². The first-order valence-electron chi connectivity index (χ1n) is 9.98. The van der Waals surface area contributed by atoms with Gasteiger partial charge in [0, 0.05) is 41.1 Å². The van der Waals surface area contributed by atoms with Gasteiger partial charge in [0.05, 0.1) is 12.2 Å². The predicted molar refractivity (Wildman–Crippen MR) is 113 cm³/mol. The van der Waals surface area contributed by atoms with Gasteiger partial charge in [-0.1, -0.05) is 25.2 Å². The molecule has 3 aromatic carbocycles. The van der Waals surface area contributed by atoms with Crippen LogP contribution in [-0.4, -0.2) is 12.5 Å². The first-order chi connectivity index (χ1) is 15.8. The highest BCUT2D eigenvalue weighted by atomic mass is 19.2. The molecule has 0 unspecified atom stereocenters. The van der Waals surface area contributed by atoms with Crippen molar-refractivity contribution in [3.63, 3.8) is 0 Å². The van der Waals surface area contributed by atoms with E-state index in [9.17, 15) is 26.7 Å². The Kier molecular flexibility index (Phi) is 7.67. The molecule has 0 aliphatic rings. The fraction of sp³-hybridized carbons (Fsp3) is 0.160. The highest BCUT2D eigenvalue weighted by Gasteiger charge is 2.13. The van der Waals surface area contributed by atoms with Crippen molar-refractivity contribution in [3.05, 3.63) is 94.3 Å². The average Bonchev–Trinajstić information content (AvgIpc) is 2.77. The highest BCUT2D eigenvalue weighted by Crippen LogP contribution is 2.21. The second-order valence-corrected chi connectivity index (χ2v) is 7.00. The Labute approximate surface area is 187 Å². The van der Waals surface area contributed by atoms with Crippen LogP contribution in [0.1, 0.15) is 41.3 Å². The second kappa shape index (κ2) is 10.6. The molecule has 0 heterocycles. The normalized spacial score (nSPS) is 10.4. The van der Waals surface area contributed by atoms with Gasteiger partial charge in [0.2, 0.25) is 0 Å². The predicted octanol–water partition coefficient (Wildman–Crippen LogP) is 6.21. The number of hydrogen-bond donors (Lipinski definition) is 1. The molecule has 1 N–H and O–H groups in total. The molecule has 170 valence electrons. The average molecular weight is 459 g/mol. The zero-order valence-electron chi connectivity index (χ0n) is 17.4. The van der Waals surface area contributed by atoms with Gasteiger partial charge in [0.1, 0.15) is 17.4 Å². The Bertz CT molecular complexity index is 1180. The lowest BCUT2D eigenvalue weighted by Gasteiger charge is -2.07. The van der Waals surface area contributed by atoms with Crippen LogP contribution in [0.15, 0.2) is 48.5 Å². The molecule has 0 aliphatic heterocycles. The molecule has 0 fully saturated rings. The van der Waals surface area contributed by atoms with Crippen LogP contribution in [0, 0.1) is 40.9 Å². The van der Waals surface area contributed by atoms with Crippen molar-refractivity contribution in [2.75, 3.05) is 11.9 Å². The van der Waals surface area contributed by atoms with Crippen LogP contribution in [0.25, 0.3) is 0 Å². The van der Waals surface area contributed by atoms with E-state index in [2.05, 4.69) is 17.2 Å². The lowest BCUT2D eigenvalue weighted by atomic mass is 10.1. The molecule has 0 aliphatic carbocycles. The lowest BCUT2D eigenvalue weighted by molar-refractivity contribution is 0.102. The third kappa shape index (κ3) is 6.10. The number of nitrogens with one attached hydrogen (secondary N) is 1. The van der Waals surface area contributed by atoms with Crippen molar-refractivity contribution in [2.45, 2.75) is 19.8 Å². The number of rotatable bonds is 6. The summed E-state index contributed by atoms with van der Waals surface area (Å²) in [7, 11) is 0. The highest BCUT2D eigenvalue weighted by molar-refractivity contribution is 6.04. The van der Waals surface area contributed by atoms with Crippen LogP contribution in [0.5, 0.6) is 5.75 Å². The van der Waals surface area contributed by atoms with Crippen molar-refractivity contribution < 1.29 is 31.5 Å². The van der Waals surface area contributed by atoms with E-state index in [4.69, 9.17) is 4.74 Å². The van der Waals surface area contributed by atoms with Gasteiger partial charge in [-0.3, -0.25) is 4.79 Å². The van der Waals surface area contributed by atoms with Gasteiger partial charge < -0.3 is 10.1 Å². The number of hydrogen-bond acceptors (Lipinski definition) is 2. The lowest BCUT2D eigenvalue weighted by Crippen LogP contribution is -2.12. The van der Waals surface area contributed by atoms with Gasteiger partial charge in [-0.25, -0.2) is 22.0 Å². The first kappa shape index (κ1) is 23.8.